The Kier molecular flexibility index (Phi) is 4.93. The van der Waals surface area contributed by atoms with E-state index in [9.17, 15) is 4.79 Å². The first-order chi connectivity index (χ1) is 11.2. The average molecular weight is 322 g/mol. The number of aryl methyl sites for hydroxylation is 1. The van der Waals surface area contributed by atoms with Gasteiger partial charge in [-0.2, -0.15) is 0 Å². The molecule has 3 rings (SSSR count). The van der Waals surface area contributed by atoms with Crippen molar-refractivity contribution in [3.05, 3.63) is 71.9 Å². The van der Waals surface area contributed by atoms with Crippen molar-refractivity contribution in [2.24, 2.45) is 0 Å². The van der Waals surface area contributed by atoms with Crippen molar-refractivity contribution < 1.29 is 4.79 Å². The van der Waals surface area contributed by atoms with E-state index in [1.54, 1.807) is 6.20 Å². The van der Waals surface area contributed by atoms with Gasteiger partial charge in [-0.15, -0.1) is 12.6 Å². The monoisotopic (exact) mass is 322 g/mol. The fourth-order valence-corrected chi connectivity index (χ4v) is 2.82. The number of hydrogen-bond donors (Lipinski definition) is 2. The van der Waals surface area contributed by atoms with Gasteiger partial charge in [-0.3, -0.25) is 9.78 Å². The van der Waals surface area contributed by atoms with Crippen molar-refractivity contribution in [3.8, 4) is 0 Å². The fraction of sp³-hybridized carbons (Fsp3) is 0.158. The minimum Gasteiger partial charge on any atom is -0.352 e. The van der Waals surface area contributed by atoms with Crippen molar-refractivity contribution in [1.82, 2.24) is 10.3 Å². The van der Waals surface area contributed by atoms with Crippen LogP contribution in [0.4, 0.5) is 0 Å². The second-order valence-electron chi connectivity index (χ2n) is 5.41. The highest BCUT2D eigenvalue weighted by Gasteiger charge is 2.06. The summed E-state index contributed by atoms with van der Waals surface area (Å²) < 4.78 is 0. The first-order valence-corrected chi connectivity index (χ1v) is 8.05. The smallest absolute Gasteiger partial charge is 0.220 e. The maximum absolute atomic E-state index is 12.1. The van der Waals surface area contributed by atoms with Crippen LogP contribution in [-0.2, 0) is 17.8 Å². The zero-order chi connectivity index (χ0) is 16.1. The second-order valence-corrected chi connectivity index (χ2v) is 5.89. The van der Waals surface area contributed by atoms with Crippen LogP contribution in [-0.4, -0.2) is 10.9 Å². The van der Waals surface area contributed by atoms with Crippen LogP contribution in [0.1, 0.15) is 17.5 Å². The molecular formula is C19H18N2OS. The summed E-state index contributed by atoms with van der Waals surface area (Å²) >= 11 is 4.43. The molecule has 0 saturated heterocycles. The largest absolute Gasteiger partial charge is 0.352 e. The number of pyridine rings is 1. The van der Waals surface area contributed by atoms with Gasteiger partial charge in [0.2, 0.25) is 5.91 Å². The maximum Gasteiger partial charge on any atom is 0.220 e. The van der Waals surface area contributed by atoms with Crippen molar-refractivity contribution >= 4 is 29.4 Å². The van der Waals surface area contributed by atoms with Crippen molar-refractivity contribution in [3.63, 3.8) is 0 Å². The van der Waals surface area contributed by atoms with Gasteiger partial charge in [0.1, 0.15) is 0 Å². The maximum atomic E-state index is 12.1. The lowest BCUT2D eigenvalue weighted by Gasteiger charge is -2.09. The molecule has 0 radical (unpaired) electrons. The Morgan fingerprint density at radius 2 is 1.87 bits per heavy atom. The highest BCUT2D eigenvalue weighted by molar-refractivity contribution is 7.80. The molecule has 0 aliphatic carbocycles. The predicted octanol–water partition coefficient (Wildman–Crippen LogP) is 3.77. The molecule has 3 aromatic rings. The SMILES string of the molecule is O=C(CCc1ccccc1)NCc1ccnc2c(S)cccc12. The number of hydrogen-bond acceptors (Lipinski definition) is 3. The third-order valence-corrected chi connectivity index (χ3v) is 4.16. The van der Waals surface area contributed by atoms with Gasteiger partial charge in [0.25, 0.3) is 0 Å². The van der Waals surface area contributed by atoms with E-state index < -0.39 is 0 Å². The molecule has 0 atom stereocenters. The third-order valence-electron chi connectivity index (χ3n) is 3.80. The summed E-state index contributed by atoms with van der Waals surface area (Å²) in [5, 5.41) is 4.02. The number of rotatable bonds is 5. The lowest BCUT2D eigenvalue weighted by Crippen LogP contribution is -2.23. The molecule has 0 aliphatic rings. The van der Waals surface area contributed by atoms with Gasteiger partial charge in [-0.25, -0.2) is 0 Å². The van der Waals surface area contributed by atoms with Gasteiger partial charge >= 0.3 is 0 Å². The zero-order valence-corrected chi connectivity index (χ0v) is 13.6. The zero-order valence-electron chi connectivity index (χ0n) is 12.7. The van der Waals surface area contributed by atoms with Crippen LogP contribution < -0.4 is 5.32 Å². The van der Waals surface area contributed by atoms with Gasteiger partial charge in [-0.1, -0.05) is 42.5 Å². The number of benzene rings is 2. The molecule has 0 unspecified atom stereocenters. The summed E-state index contributed by atoms with van der Waals surface area (Å²) in [6, 6.07) is 17.9. The number of nitrogens with zero attached hydrogens (tertiary/aromatic N) is 1. The minimum absolute atomic E-state index is 0.0563. The number of aromatic nitrogens is 1. The normalized spacial score (nSPS) is 10.7. The summed E-state index contributed by atoms with van der Waals surface area (Å²) in [5.41, 5.74) is 3.10. The van der Waals surface area contributed by atoms with Gasteiger partial charge < -0.3 is 5.32 Å². The Labute approximate surface area is 141 Å². The molecule has 2 aromatic carbocycles. The Balaban J connectivity index is 1.62. The summed E-state index contributed by atoms with van der Waals surface area (Å²) in [6.45, 7) is 0.504. The molecule has 0 aliphatic heterocycles. The quantitative estimate of drug-likeness (QED) is 0.702. The van der Waals surface area contributed by atoms with E-state index in [2.05, 4.69) is 22.9 Å². The highest BCUT2D eigenvalue weighted by atomic mass is 32.1. The van der Waals surface area contributed by atoms with Crippen LogP contribution in [0.15, 0.2) is 65.7 Å². The molecule has 0 spiro atoms. The molecule has 0 bridgehead atoms. The number of para-hydroxylation sites is 1. The Bertz CT molecular complexity index is 818. The van der Waals surface area contributed by atoms with E-state index in [1.807, 2.05) is 54.6 Å². The minimum atomic E-state index is 0.0563. The molecule has 1 heterocycles. The molecule has 4 heteroatoms. The Morgan fingerprint density at radius 3 is 2.70 bits per heavy atom. The predicted molar refractivity (Wildman–Crippen MR) is 95.6 cm³/mol. The third kappa shape index (κ3) is 3.90. The second kappa shape index (κ2) is 7.29. The van der Waals surface area contributed by atoms with Crippen molar-refractivity contribution in [2.45, 2.75) is 24.3 Å². The van der Waals surface area contributed by atoms with Gasteiger partial charge in [-0.05, 0) is 29.7 Å². The van der Waals surface area contributed by atoms with Gasteiger partial charge in [0.15, 0.2) is 0 Å². The van der Waals surface area contributed by atoms with E-state index in [1.165, 1.54) is 5.56 Å². The molecule has 116 valence electrons. The molecule has 0 saturated carbocycles. The summed E-state index contributed by atoms with van der Waals surface area (Å²) in [7, 11) is 0. The summed E-state index contributed by atoms with van der Waals surface area (Å²) in [6.07, 6.45) is 3.00. The van der Waals surface area contributed by atoms with E-state index in [-0.39, 0.29) is 5.91 Å². The number of carbonyl (C=O) groups is 1. The molecule has 3 nitrogen and oxygen atoms in total. The van der Waals surface area contributed by atoms with E-state index >= 15 is 0 Å². The van der Waals surface area contributed by atoms with Crippen molar-refractivity contribution in [2.75, 3.05) is 0 Å². The van der Waals surface area contributed by atoms with E-state index in [0.717, 1.165) is 27.8 Å². The lowest BCUT2D eigenvalue weighted by molar-refractivity contribution is -0.121. The standard InChI is InChI=1S/C19H18N2OS/c22-18(10-9-14-5-2-1-3-6-14)21-13-15-11-12-20-19-16(15)7-4-8-17(19)23/h1-8,11-12,23H,9-10,13H2,(H,21,22). The first kappa shape index (κ1) is 15.6. The number of carbonyl (C=O) groups excluding carboxylic acids is 1. The fourth-order valence-electron chi connectivity index (χ4n) is 2.56. The summed E-state index contributed by atoms with van der Waals surface area (Å²) in [4.78, 5) is 17.3. The van der Waals surface area contributed by atoms with Crippen LogP contribution in [0.2, 0.25) is 0 Å². The lowest BCUT2D eigenvalue weighted by atomic mass is 10.1. The molecular weight excluding hydrogens is 304 g/mol. The highest BCUT2D eigenvalue weighted by Crippen LogP contribution is 2.22. The number of amides is 1. The topological polar surface area (TPSA) is 42.0 Å². The number of nitrogens with one attached hydrogen (secondary N) is 1. The molecule has 1 aromatic heterocycles. The number of fused-ring (bicyclic) bond motifs is 1. The first-order valence-electron chi connectivity index (χ1n) is 7.60. The van der Waals surface area contributed by atoms with E-state index in [4.69, 9.17) is 0 Å². The molecule has 1 amide bonds. The van der Waals surface area contributed by atoms with Crippen LogP contribution in [0.25, 0.3) is 10.9 Å². The van der Waals surface area contributed by atoms with Crippen LogP contribution >= 0.6 is 12.6 Å². The van der Waals surface area contributed by atoms with E-state index in [0.29, 0.717) is 13.0 Å². The molecule has 1 N–H and O–H groups in total. The van der Waals surface area contributed by atoms with Crippen LogP contribution in [0.5, 0.6) is 0 Å². The Hall–Kier alpha value is -2.33. The molecule has 23 heavy (non-hydrogen) atoms. The Morgan fingerprint density at radius 1 is 1.04 bits per heavy atom. The van der Waals surface area contributed by atoms with Crippen LogP contribution in [0, 0.1) is 0 Å². The van der Waals surface area contributed by atoms with Gasteiger partial charge in [0, 0.05) is 29.4 Å². The number of thiol groups is 1. The van der Waals surface area contributed by atoms with Crippen molar-refractivity contribution in [1.29, 1.82) is 0 Å². The molecule has 0 fully saturated rings. The average Bonchev–Trinajstić information content (AvgIpc) is 2.59. The van der Waals surface area contributed by atoms with Gasteiger partial charge in [0.05, 0.1) is 5.52 Å². The van der Waals surface area contributed by atoms with Crippen LogP contribution in [0.3, 0.4) is 0 Å². The summed E-state index contributed by atoms with van der Waals surface area (Å²) in [5.74, 6) is 0.0563.